The molecule has 5 nitrogen and oxygen atoms in total. The zero-order valence-corrected chi connectivity index (χ0v) is 17.1. The van der Waals surface area contributed by atoms with Crippen LogP contribution in [0.5, 0.6) is 0 Å². The molecular formula is C24H27N3O2. The molecule has 2 aliphatic heterocycles. The van der Waals surface area contributed by atoms with Gasteiger partial charge in [0.1, 0.15) is 6.17 Å². The van der Waals surface area contributed by atoms with Crippen molar-refractivity contribution in [3.8, 4) is 0 Å². The molecule has 1 aromatic heterocycles. The van der Waals surface area contributed by atoms with Crippen molar-refractivity contribution in [2.45, 2.75) is 32.0 Å². The number of para-hydroxylation sites is 2. The lowest BCUT2D eigenvalue weighted by atomic mass is 9.96. The first-order valence-corrected chi connectivity index (χ1v) is 10.4. The summed E-state index contributed by atoms with van der Waals surface area (Å²) in [6, 6.07) is 16.7. The zero-order chi connectivity index (χ0) is 20.0. The topological polar surface area (TPSA) is 37.7 Å². The van der Waals surface area contributed by atoms with Gasteiger partial charge in [0.25, 0.3) is 5.91 Å². The number of nitrogens with zero attached hydrogens (tertiary/aromatic N) is 3. The SMILES string of the molecule is COCCCCn1c2c(c3ccccc31)CCN1C(=O)c3ccccc3N(C)C21. The van der Waals surface area contributed by atoms with Gasteiger partial charge in [0, 0.05) is 44.8 Å². The molecule has 0 N–H and O–H groups in total. The van der Waals surface area contributed by atoms with Crippen LogP contribution >= 0.6 is 0 Å². The second-order valence-corrected chi connectivity index (χ2v) is 7.98. The van der Waals surface area contributed by atoms with E-state index in [1.54, 1.807) is 7.11 Å². The van der Waals surface area contributed by atoms with E-state index in [1.165, 1.54) is 22.2 Å². The van der Waals surface area contributed by atoms with E-state index >= 15 is 0 Å². The average Bonchev–Trinajstić information content (AvgIpc) is 3.08. The lowest BCUT2D eigenvalue weighted by Crippen LogP contribution is -2.51. The van der Waals surface area contributed by atoms with Crippen molar-refractivity contribution < 1.29 is 9.53 Å². The quantitative estimate of drug-likeness (QED) is 0.614. The average molecular weight is 389 g/mol. The molecule has 3 aromatic rings. The number of hydrogen-bond donors (Lipinski definition) is 0. The third kappa shape index (κ3) is 2.76. The second kappa shape index (κ2) is 7.23. The van der Waals surface area contributed by atoms with E-state index in [0.717, 1.165) is 50.2 Å². The van der Waals surface area contributed by atoms with Crippen LogP contribution in [-0.2, 0) is 17.7 Å². The van der Waals surface area contributed by atoms with Gasteiger partial charge in [-0.2, -0.15) is 0 Å². The van der Waals surface area contributed by atoms with Crippen LogP contribution in [0.15, 0.2) is 48.5 Å². The van der Waals surface area contributed by atoms with E-state index in [2.05, 4.69) is 51.7 Å². The van der Waals surface area contributed by atoms with E-state index in [9.17, 15) is 4.79 Å². The molecule has 0 saturated heterocycles. The molecule has 5 rings (SSSR count). The molecule has 3 heterocycles. The molecule has 5 heteroatoms. The third-order valence-electron chi connectivity index (χ3n) is 6.38. The number of anilines is 1. The van der Waals surface area contributed by atoms with Gasteiger partial charge in [0.05, 0.1) is 16.9 Å². The molecule has 2 aromatic carbocycles. The van der Waals surface area contributed by atoms with Crippen LogP contribution in [-0.4, -0.2) is 42.7 Å². The number of carbonyl (C=O) groups excluding carboxylic acids is 1. The van der Waals surface area contributed by atoms with Crippen LogP contribution in [0.2, 0.25) is 0 Å². The molecule has 0 aliphatic carbocycles. The number of fused-ring (bicyclic) bond motifs is 6. The maximum Gasteiger partial charge on any atom is 0.257 e. The zero-order valence-electron chi connectivity index (χ0n) is 17.1. The predicted octanol–water partition coefficient (Wildman–Crippen LogP) is 4.21. The summed E-state index contributed by atoms with van der Waals surface area (Å²) in [5.74, 6) is 0.144. The summed E-state index contributed by atoms with van der Waals surface area (Å²) < 4.78 is 7.70. The summed E-state index contributed by atoms with van der Waals surface area (Å²) in [5.41, 5.74) is 5.77. The van der Waals surface area contributed by atoms with Crippen molar-refractivity contribution >= 4 is 22.5 Å². The van der Waals surface area contributed by atoms with Gasteiger partial charge in [0.15, 0.2) is 0 Å². The Balaban J connectivity index is 1.65. The van der Waals surface area contributed by atoms with E-state index in [-0.39, 0.29) is 12.1 Å². The number of amides is 1. The Morgan fingerprint density at radius 2 is 1.86 bits per heavy atom. The number of rotatable bonds is 5. The molecule has 1 unspecified atom stereocenters. The summed E-state index contributed by atoms with van der Waals surface area (Å²) >= 11 is 0. The first-order valence-electron chi connectivity index (χ1n) is 10.4. The van der Waals surface area contributed by atoms with Crippen molar-refractivity contribution in [3.63, 3.8) is 0 Å². The number of ether oxygens (including phenoxy) is 1. The molecule has 150 valence electrons. The molecule has 0 fully saturated rings. The van der Waals surface area contributed by atoms with Crippen molar-refractivity contribution in [2.75, 3.05) is 32.2 Å². The summed E-state index contributed by atoms with van der Waals surface area (Å²) in [6.45, 7) is 2.47. The Hall–Kier alpha value is -2.79. The number of carbonyl (C=O) groups is 1. The van der Waals surface area contributed by atoms with Gasteiger partial charge in [-0.3, -0.25) is 4.79 Å². The van der Waals surface area contributed by atoms with Gasteiger partial charge in [-0.1, -0.05) is 30.3 Å². The van der Waals surface area contributed by atoms with Gasteiger partial charge in [-0.05, 0) is 43.0 Å². The number of hydrogen-bond acceptors (Lipinski definition) is 3. The highest BCUT2D eigenvalue weighted by atomic mass is 16.5. The number of methoxy groups -OCH3 is 1. The van der Waals surface area contributed by atoms with Gasteiger partial charge >= 0.3 is 0 Å². The highest BCUT2D eigenvalue weighted by Gasteiger charge is 2.42. The third-order valence-corrected chi connectivity index (χ3v) is 6.38. The highest BCUT2D eigenvalue weighted by Crippen LogP contribution is 2.44. The molecule has 2 aliphatic rings. The van der Waals surface area contributed by atoms with E-state index < -0.39 is 0 Å². The lowest BCUT2D eigenvalue weighted by molar-refractivity contribution is 0.0629. The maximum atomic E-state index is 13.3. The van der Waals surface area contributed by atoms with E-state index in [4.69, 9.17) is 4.74 Å². The van der Waals surface area contributed by atoms with Gasteiger partial charge in [0.2, 0.25) is 0 Å². The van der Waals surface area contributed by atoms with Crippen molar-refractivity contribution in [2.24, 2.45) is 0 Å². The molecule has 0 saturated carbocycles. The summed E-state index contributed by atoms with van der Waals surface area (Å²) in [7, 11) is 3.87. The van der Waals surface area contributed by atoms with Crippen molar-refractivity contribution in [3.05, 3.63) is 65.4 Å². The molecule has 0 spiro atoms. The monoisotopic (exact) mass is 389 g/mol. The van der Waals surface area contributed by atoms with E-state index in [0.29, 0.717) is 0 Å². The number of aromatic nitrogens is 1. The summed E-state index contributed by atoms with van der Waals surface area (Å²) in [6.07, 6.45) is 2.93. The molecule has 0 radical (unpaired) electrons. The van der Waals surface area contributed by atoms with Gasteiger partial charge in [-0.15, -0.1) is 0 Å². The minimum atomic E-state index is -0.0593. The fourth-order valence-electron chi connectivity index (χ4n) is 5.07. The van der Waals surface area contributed by atoms with Crippen molar-refractivity contribution in [1.29, 1.82) is 0 Å². The normalized spacial score (nSPS) is 18.0. The minimum Gasteiger partial charge on any atom is -0.385 e. The standard InChI is InChI=1S/C24H27N3O2/c1-25-20-11-5-4-10-19(20)24(28)27-15-13-18-17-9-3-6-12-21(17)26(22(18)23(25)27)14-7-8-16-29-2/h3-6,9-12,23H,7-8,13-16H2,1-2H3. The summed E-state index contributed by atoms with van der Waals surface area (Å²) in [5, 5.41) is 1.33. The fraction of sp³-hybridized carbons (Fsp3) is 0.375. The van der Waals surface area contributed by atoms with E-state index in [1.807, 2.05) is 18.2 Å². The summed E-state index contributed by atoms with van der Waals surface area (Å²) in [4.78, 5) is 17.6. The molecule has 1 atom stereocenters. The first-order chi connectivity index (χ1) is 14.2. The van der Waals surface area contributed by atoms with Crippen LogP contribution in [0.4, 0.5) is 5.69 Å². The van der Waals surface area contributed by atoms with Gasteiger partial charge < -0.3 is 19.1 Å². The number of benzene rings is 2. The van der Waals surface area contributed by atoms with Crippen molar-refractivity contribution in [1.82, 2.24) is 9.47 Å². The van der Waals surface area contributed by atoms with Crippen LogP contribution in [0.3, 0.4) is 0 Å². The van der Waals surface area contributed by atoms with Crippen LogP contribution < -0.4 is 4.90 Å². The Labute approximate surface area is 171 Å². The van der Waals surface area contributed by atoms with Crippen LogP contribution in [0.1, 0.15) is 40.6 Å². The van der Waals surface area contributed by atoms with Crippen LogP contribution in [0, 0.1) is 0 Å². The number of aryl methyl sites for hydroxylation is 1. The van der Waals surface area contributed by atoms with Crippen LogP contribution in [0.25, 0.3) is 10.9 Å². The number of unbranched alkanes of at least 4 members (excludes halogenated alkanes) is 1. The lowest BCUT2D eigenvalue weighted by Gasteiger charge is -2.46. The molecule has 0 bridgehead atoms. The Morgan fingerprint density at radius 3 is 2.72 bits per heavy atom. The maximum absolute atomic E-state index is 13.3. The Kier molecular flexibility index (Phi) is 4.55. The fourth-order valence-corrected chi connectivity index (χ4v) is 5.07. The Bertz CT molecular complexity index is 1070. The second-order valence-electron chi connectivity index (χ2n) is 7.98. The smallest absolute Gasteiger partial charge is 0.257 e. The minimum absolute atomic E-state index is 0.0593. The molecule has 29 heavy (non-hydrogen) atoms. The highest BCUT2D eigenvalue weighted by molar-refractivity contribution is 6.02. The largest absolute Gasteiger partial charge is 0.385 e. The Morgan fingerprint density at radius 1 is 1.07 bits per heavy atom. The molecular weight excluding hydrogens is 362 g/mol. The van der Waals surface area contributed by atoms with Gasteiger partial charge in [-0.25, -0.2) is 0 Å². The predicted molar refractivity (Wildman–Crippen MR) is 115 cm³/mol. The molecule has 1 amide bonds. The first kappa shape index (κ1) is 18.3.